The molecule has 0 bridgehead atoms. The molecule has 6 heteroatoms. The van der Waals surface area contributed by atoms with Gasteiger partial charge in [-0.2, -0.15) is 4.98 Å². The number of nitrogens with zero attached hydrogens (tertiary/aromatic N) is 2. The predicted molar refractivity (Wildman–Crippen MR) is 122 cm³/mol. The third-order valence-corrected chi connectivity index (χ3v) is 7.51. The highest BCUT2D eigenvalue weighted by Gasteiger charge is 2.23. The molecule has 0 radical (unpaired) electrons. The Hall–Kier alpha value is -2.08. The number of thioether (sulfide) groups is 1. The van der Waals surface area contributed by atoms with E-state index in [1.54, 1.807) is 23.1 Å². The van der Waals surface area contributed by atoms with Gasteiger partial charge in [0.05, 0.1) is 11.1 Å². The van der Waals surface area contributed by atoms with Crippen molar-refractivity contribution in [2.24, 2.45) is 0 Å². The van der Waals surface area contributed by atoms with Crippen LogP contribution in [-0.4, -0.2) is 9.97 Å². The van der Waals surface area contributed by atoms with E-state index in [0.717, 1.165) is 50.1 Å². The van der Waals surface area contributed by atoms with Crippen LogP contribution in [0.15, 0.2) is 53.4 Å². The third kappa shape index (κ3) is 3.87. The molecule has 0 N–H and O–H groups in total. The molecule has 3 nitrogen and oxygen atoms in total. The minimum absolute atomic E-state index is 0.685. The molecule has 0 spiro atoms. The van der Waals surface area contributed by atoms with Crippen LogP contribution in [0.5, 0.6) is 11.6 Å². The lowest BCUT2D eigenvalue weighted by molar-refractivity contribution is 0.463. The molecule has 0 atom stereocenters. The molecule has 146 valence electrons. The van der Waals surface area contributed by atoms with Crippen LogP contribution < -0.4 is 4.74 Å². The predicted octanol–water partition coefficient (Wildman–Crippen LogP) is 7.23. The number of hydrogen-bond donors (Lipinski definition) is 0. The number of halogens is 1. The largest absolute Gasteiger partial charge is 0.438 e. The first-order valence-corrected chi connectivity index (χ1v) is 11.8. The summed E-state index contributed by atoms with van der Waals surface area (Å²) < 4.78 is 6.34. The van der Waals surface area contributed by atoms with Gasteiger partial charge in [-0.3, -0.25) is 0 Å². The van der Waals surface area contributed by atoms with E-state index in [1.807, 2.05) is 42.5 Å². The number of aromatic nitrogens is 2. The molecule has 2 aromatic carbocycles. The Kier molecular flexibility index (Phi) is 5.20. The summed E-state index contributed by atoms with van der Waals surface area (Å²) in [6, 6.07) is 15.9. The molecule has 2 aromatic heterocycles. The number of fused-ring (bicyclic) bond motifs is 3. The molecule has 0 saturated carbocycles. The zero-order chi connectivity index (χ0) is 19.8. The van der Waals surface area contributed by atoms with E-state index in [9.17, 15) is 0 Å². The maximum absolute atomic E-state index is 6.34. The van der Waals surface area contributed by atoms with Gasteiger partial charge in [0, 0.05) is 14.8 Å². The summed E-state index contributed by atoms with van der Waals surface area (Å²) in [5.74, 6) is 3.02. The minimum atomic E-state index is 0.685. The molecule has 4 aromatic rings. The molecule has 0 fully saturated rings. The molecule has 2 heterocycles. The highest BCUT2D eigenvalue weighted by atomic mass is 35.5. The zero-order valence-electron chi connectivity index (χ0n) is 15.9. The summed E-state index contributed by atoms with van der Waals surface area (Å²) in [7, 11) is 0. The van der Waals surface area contributed by atoms with E-state index in [2.05, 4.69) is 13.0 Å². The highest BCUT2D eigenvalue weighted by Crippen LogP contribution is 2.42. The maximum Gasteiger partial charge on any atom is 0.231 e. The normalized spacial score (nSPS) is 13.0. The second kappa shape index (κ2) is 7.98. The molecule has 0 aliphatic heterocycles. The molecule has 29 heavy (non-hydrogen) atoms. The standard InChI is InChI=1S/C23H19ClN2OS2/c1-14-5-2-3-7-18(14)27-22-21-17-6-4-8-19(17)29-23(21)26-20(25-22)13-28-16-11-9-15(24)10-12-16/h2-3,5,7,9-12H,4,6,8,13H2,1H3. The van der Waals surface area contributed by atoms with Gasteiger partial charge in [-0.15, -0.1) is 23.1 Å². The van der Waals surface area contributed by atoms with Gasteiger partial charge in [-0.05, 0) is 67.6 Å². The molecular weight excluding hydrogens is 420 g/mol. The van der Waals surface area contributed by atoms with Gasteiger partial charge in [0.25, 0.3) is 0 Å². The second-order valence-corrected chi connectivity index (χ2v) is 9.66. The fraction of sp³-hybridized carbons (Fsp3) is 0.217. The molecule has 5 rings (SSSR count). The third-order valence-electron chi connectivity index (χ3n) is 5.06. The fourth-order valence-electron chi connectivity index (χ4n) is 3.60. The average molecular weight is 439 g/mol. The summed E-state index contributed by atoms with van der Waals surface area (Å²) in [5.41, 5.74) is 2.48. The summed E-state index contributed by atoms with van der Waals surface area (Å²) in [4.78, 5) is 13.3. The van der Waals surface area contributed by atoms with Crippen LogP contribution in [0.3, 0.4) is 0 Å². The molecular formula is C23H19ClN2OS2. The maximum atomic E-state index is 6.34. The van der Waals surface area contributed by atoms with Gasteiger partial charge < -0.3 is 4.74 Å². The van der Waals surface area contributed by atoms with Crippen LogP contribution in [0.25, 0.3) is 10.2 Å². The number of thiophene rings is 1. The zero-order valence-corrected chi connectivity index (χ0v) is 18.3. The lowest BCUT2D eigenvalue weighted by Gasteiger charge is -2.11. The van der Waals surface area contributed by atoms with Crippen LogP contribution in [0.2, 0.25) is 5.02 Å². The minimum Gasteiger partial charge on any atom is -0.438 e. The summed E-state index contributed by atoms with van der Waals surface area (Å²) >= 11 is 9.49. The Balaban J connectivity index is 1.52. The van der Waals surface area contributed by atoms with Crippen molar-refractivity contribution in [1.82, 2.24) is 9.97 Å². The number of hydrogen-bond acceptors (Lipinski definition) is 5. The molecule has 1 aliphatic rings. The van der Waals surface area contributed by atoms with Crippen molar-refractivity contribution >= 4 is 44.9 Å². The van der Waals surface area contributed by atoms with Crippen molar-refractivity contribution < 1.29 is 4.74 Å². The van der Waals surface area contributed by atoms with Crippen molar-refractivity contribution in [3.63, 3.8) is 0 Å². The van der Waals surface area contributed by atoms with Crippen molar-refractivity contribution in [3.05, 3.63) is 75.4 Å². The molecule has 0 unspecified atom stereocenters. The van der Waals surface area contributed by atoms with Crippen LogP contribution in [0.1, 0.15) is 28.2 Å². The summed E-state index contributed by atoms with van der Waals surface area (Å²) in [6.45, 7) is 2.06. The Morgan fingerprint density at radius 2 is 1.90 bits per heavy atom. The summed E-state index contributed by atoms with van der Waals surface area (Å²) in [6.07, 6.45) is 3.42. The highest BCUT2D eigenvalue weighted by molar-refractivity contribution is 7.98. The smallest absolute Gasteiger partial charge is 0.231 e. The lowest BCUT2D eigenvalue weighted by Crippen LogP contribution is -1.98. The van der Waals surface area contributed by atoms with Crippen molar-refractivity contribution in [2.75, 3.05) is 0 Å². The fourth-order valence-corrected chi connectivity index (χ4v) is 5.75. The van der Waals surface area contributed by atoms with Gasteiger partial charge in [0.1, 0.15) is 16.4 Å². The van der Waals surface area contributed by atoms with Gasteiger partial charge in [-0.1, -0.05) is 29.8 Å². The van der Waals surface area contributed by atoms with Gasteiger partial charge >= 0.3 is 0 Å². The van der Waals surface area contributed by atoms with Crippen molar-refractivity contribution in [1.29, 1.82) is 0 Å². The van der Waals surface area contributed by atoms with E-state index in [1.165, 1.54) is 16.9 Å². The van der Waals surface area contributed by atoms with E-state index in [-0.39, 0.29) is 0 Å². The number of ether oxygens (including phenoxy) is 1. The first-order valence-electron chi connectivity index (χ1n) is 9.60. The van der Waals surface area contributed by atoms with E-state index >= 15 is 0 Å². The SMILES string of the molecule is Cc1ccccc1Oc1nc(CSc2ccc(Cl)cc2)nc2sc3c(c12)CCC3. The Labute approximate surface area is 183 Å². The van der Waals surface area contributed by atoms with Gasteiger partial charge in [0.2, 0.25) is 5.88 Å². The first kappa shape index (κ1) is 18.9. The van der Waals surface area contributed by atoms with E-state index in [4.69, 9.17) is 26.3 Å². The van der Waals surface area contributed by atoms with Crippen LogP contribution >= 0.6 is 34.7 Å². The van der Waals surface area contributed by atoms with Gasteiger partial charge in [-0.25, -0.2) is 4.98 Å². The summed E-state index contributed by atoms with van der Waals surface area (Å²) in [5, 5.41) is 1.85. The Morgan fingerprint density at radius 3 is 2.72 bits per heavy atom. The molecule has 0 amide bonds. The van der Waals surface area contributed by atoms with Crippen LogP contribution in [-0.2, 0) is 18.6 Å². The number of para-hydroxylation sites is 1. The number of aryl methyl sites for hydroxylation is 3. The van der Waals surface area contributed by atoms with Crippen LogP contribution in [0.4, 0.5) is 0 Å². The van der Waals surface area contributed by atoms with Gasteiger partial charge in [0.15, 0.2) is 0 Å². The average Bonchev–Trinajstić information content (AvgIpc) is 3.30. The van der Waals surface area contributed by atoms with Crippen molar-refractivity contribution in [3.8, 4) is 11.6 Å². The lowest BCUT2D eigenvalue weighted by atomic mass is 10.2. The number of rotatable bonds is 5. The molecule has 0 saturated heterocycles. The Bertz CT molecular complexity index is 1190. The molecule has 1 aliphatic carbocycles. The second-order valence-electron chi connectivity index (χ2n) is 7.09. The quantitative estimate of drug-likeness (QED) is 0.308. The topological polar surface area (TPSA) is 35.0 Å². The number of benzene rings is 2. The van der Waals surface area contributed by atoms with E-state index < -0.39 is 0 Å². The van der Waals surface area contributed by atoms with E-state index in [0.29, 0.717) is 11.6 Å². The van der Waals surface area contributed by atoms with Crippen molar-refractivity contribution in [2.45, 2.75) is 36.8 Å². The first-order chi connectivity index (χ1) is 14.2. The van der Waals surface area contributed by atoms with Crippen LogP contribution in [0, 0.1) is 6.92 Å². The Morgan fingerprint density at radius 1 is 1.07 bits per heavy atom. The monoisotopic (exact) mass is 438 g/mol.